The van der Waals surface area contributed by atoms with Crippen LogP contribution < -0.4 is 10.1 Å². The number of anilines is 1. The van der Waals surface area contributed by atoms with E-state index in [9.17, 15) is 19.3 Å². The number of benzene rings is 2. The van der Waals surface area contributed by atoms with Crippen LogP contribution in [-0.4, -0.2) is 31.3 Å². The van der Waals surface area contributed by atoms with Gasteiger partial charge in [0.2, 0.25) is 5.91 Å². The van der Waals surface area contributed by atoms with Gasteiger partial charge in [0.1, 0.15) is 23.9 Å². The number of hydrogen-bond acceptors (Lipinski definition) is 7. The van der Waals surface area contributed by atoms with E-state index in [0.717, 1.165) is 11.8 Å². The first-order valence-corrected chi connectivity index (χ1v) is 10.4. The Balaban J connectivity index is 1.61. The van der Waals surface area contributed by atoms with E-state index < -0.39 is 16.6 Å². The first kappa shape index (κ1) is 22.5. The molecule has 1 aromatic heterocycles. The summed E-state index contributed by atoms with van der Waals surface area (Å²) in [6, 6.07) is 9.94. The molecule has 0 unspecified atom stereocenters. The van der Waals surface area contributed by atoms with Crippen molar-refractivity contribution in [1.82, 2.24) is 14.8 Å². The minimum absolute atomic E-state index is 0.0153. The molecular weight excluding hydrogens is 449 g/mol. The van der Waals surface area contributed by atoms with Crippen LogP contribution in [0.1, 0.15) is 12.7 Å². The number of carbonyl (C=O) groups excluding carboxylic acids is 1. The molecule has 0 bridgehead atoms. The van der Waals surface area contributed by atoms with Gasteiger partial charge < -0.3 is 14.6 Å². The van der Waals surface area contributed by atoms with Crippen LogP contribution >= 0.6 is 23.4 Å². The molecule has 0 aliphatic carbocycles. The molecule has 0 aliphatic rings. The summed E-state index contributed by atoms with van der Waals surface area (Å²) in [7, 11) is 0. The lowest BCUT2D eigenvalue weighted by Crippen LogP contribution is -2.15. The normalized spacial score (nSPS) is 10.7. The van der Waals surface area contributed by atoms with Crippen LogP contribution in [0.2, 0.25) is 5.02 Å². The fraction of sp³-hybridized carbons (Fsp3) is 0.211. The van der Waals surface area contributed by atoms with E-state index in [0.29, 0.717) is 23.3 Å². The van der Waals surface area contributed by atoms with Crippen molar-refractivity contribution in [3.05, 3.63) is 69.2 Å². The summed E-state index contributed by atoms with van der Waals surface area (Å²) in [5.74, 6) is -0.0644. The van der Waals surface area contributed by atoms with Gasteiger partial charge in [0.15, 0.2) is 11.0 Å². The summed E-state index contributed by atoms with van der Waals surface area (Å²) >= 11 is 6.89. The first-order valence-electron chi connectivity index (χ1n) is 9.05. The number of amides is 1. The quantitative estimate of drug-likeness (QED) is 0.284. The van der Waals surface area contributed by atoms with E-state index in [-0.39, 0.29) is 28.8 Å². The number of para-hydroxylation sites is 2. The maximum Gasteiger partial charge on any atom is 0.292 e. The number of aromatic nitrogens is 3. The number of nitro groups is 1. The number of nitro benzene ring substituents is 1. The van der Waals surface area contributed by atoms with Gasteiger partial charge in [-0.3, -0.25) is 14.9 Å². The van der Waals surface area contributed by atoms with E-state index in [1.54, 1.807) is 10.6 Å². The van der Waals surface area contributed by atoms with E-state index in [1.807, 2.05) is 6.92 Å². The van der Waals surface area contributed by atoms with E-state index in [1.165, 1.54) is 36.4 Å². The Hall–Kier alpha value is -3.18. The minimum atomic E-state index is -0.558. The molecule has 12 heteroatoms. The molecule has 0 saturated heterocycles. The highest BCUT2D eigenvalue weighted by Gasteiger charge is 2.17. The third-order valence-electron chi connectivity index (χ3n) is 4.08. The fourth-order valence-corrected chi connectivity index (χ4v) is 3.61. The molecule has 1 amide bonds. The van der Waals surface area contributed by atoms with Gasteiger partial charge in [-0.15, -0.1) is 10.2 Å². The summed E-state index contributed by atoms with van der Waals surface area (Å²) in [5.41, 5.74) is -0.0555. The molecule has 1 heterocycles. The molecule has 1 N–H and O–H groups in total. The predicted molar refractivity (Wildman–Crippen MR) is 114 cm³/mol. The Labute approximate surface area is 185 Å². The van der Waals surface area contributed by atoms with Crippen LogP contribution in [-0.2, 0) is 17.9 Å². The van der Waals surface area contributed by atoms with Crippen LogP contribution in [0.3, 0.4) is 0 Å². The zero-order valence-corrected chi connectivity index (χ0v) is 17.8. The number of carbonyl (C=O) groups is 1. The molecule has 9 nitrogen and oxygen atoms in total. The van der Waals surface area contributed by atoms with Crippen LogP contribution in [0.15, 0.2) is 47.6 Å². The number of nitrogens with one attached hydrogen (secondary N) is 1. The van der Waals surface area contributed by atoms with Crippen LogP contribution in [0.4, 0.5) is 15.8 Å². The van der Waals surface area contributed by atoms with Gasteiger partial charge in [0.25, 0.3) is 5.69 Å². The molecule has 0 spiro atoms. The SMILES string of the molecule is CCn1c(COc2ccc(F)c(Cl)c2)nnc1SCC(=O)Nc1ccccc1[N+](=O)[O-]. The molecule has 0 fully saturated rings. The predicted octanol–water partition coefficient (Wildman–Crippen LogP) is 4.31. The Morgan fingerprint density at radius 2 is 2.10 bits per heavy atom. The van der Waals surface area contributed by atoms with Crippen molar-refractivity contribution >= 4 is 40.6 Å². The van der Waals surface area contributed by atoms with Crippen LogP contribution in [0, 0.1) is 15.9 Å². The largest absolute Gasteiger partial charge is 0.486 e. The van der Waals surface area contributed by atoms with Crippen LogP contribution in [0.5, 0.6) is 5.75 Å². The molecule has 3 aromatic rings. The van der Waals surface area contributed by atoms with Gasteiger partial charge in [-0.25, -0.2) is 4.39 Å². The van der Waals surface area contributed by atoms with Crippen molar-refractivity contribution in [3.8, 4) is 5.75 Å². The third kappa shape index (κ3) is 5.70. The molecule has 0 aliphatic heterocycles. The Morgan fingerprint density at radius 3 is 2.81 bits per heavy atom. The van der Waals surface area contributed by atoms with Gasteiger partial charge in [-0.1, -0.05) is 35.5 Å². The topological polar surface area (TPSA) is 112 Å². The van der Waals surface area contributed by atoms with Crippen molar-refractivity contribution in [1.29, 1.82) is 0 Å². The zero-order valence-electron chi connectivity index (χ0n) is 16.2. The highest BCUT2D eigenvalue weighted by atomic mass is 35.5. The first-order chi connectivity index (χ1) is 14.9. The molecule has 0 saturated carbocycles. The third-order valence-corrected chi connectivity index (χ3v) is 5.33. The van der Waals surface area contributed by atoms with Gasteiger partial charge in [0, 0.05) is 18.7 Å². The highest BCUT2D eigenvalue weighted by Crippen LogP contribution is 2.25. The molecule has 0 atom stereocenters. The number of hydrogen-bond donors (Lipinski definition) is 1. The maximum absolute atomic E-state index is 13.3. The summed E-state index contributed by atoms with van der Waals surface area (Å²) in [4.78, 5) is 22.8. The monoisotopic (exact) mass is 465 g/mol. The minimum Gasteiger partial charge on any atom is -0.486 e. The summed E-state index contributed by atoms with van der Waals surface area (Å²) in [6.07, 6.45) is 0. The lowest BCUT2D eigenvalue weighted by molar-refractivity contribution is -0.383. The van der Waals surface area contributed by atoms with Crippen molar-refractivity contribution in [2.45, 2.75) is 25.2 Å². The Morgan fingerprint density at radius 1 is 1.32 bits per heavy atom. The summed E-state index contributed by atoms with van der Waals surface area (Å²) < 4.78 is 20.6. The summed E-state index contributed by atoms with van der Waals surface area (Å²) in [6.45, 7) is 2.49. The standard InChI is InChI=1S/C19H17ClFN5O4S/c1-2-25-17(10-30-12-7-8-14(21)13(20)9-12)23-24-19(25)31-11-18(27)22-15-5-3-4-6-16(15)26(28)29/h3-9H,2,10-11H2,1H3,(H,22,27). The molecule has 0 radical (unpaired) electrons. The van der Waals surface area contributed by atoms with Crippen molar-refractivity contribution in [2.24, 2.45) is 0 Å². The van der Waals surface area contributed by atoms with Crippen molar-refractivity contribution in [3.63, 3.8) is 0 Å². The lowest BCUT2D eigenvalue weighted by Gasteiger charge is -2.09. The van der Waals surface area contributed by atoms with Crippen molar-refractivity contribution in [2.75, 3.05) is 11.1 Å². The maximum atomic E-state index is 13.3. The number of ether oxygens (including phenoxy) is 1. The van der Waals surface area contributed by atoms with Gasteiger partial charge in [-0.05, 0) is 25.1 Å². The number of halogens is 2. The van der Waals surface area contributed by atoms with Crippen LogP contribution in [0.25, 0.3) is 0 Å². The molecule has 2 aromatic carbocycles. The second kappa shape index (κ2) is 10.2. The number of nitrogens with zero attached hydrogens (tertiary/aromatic N) is 4. The fourth-order valence-electron chi connectivity index (χ4n) is 2.62. The van der Waals surface area contributed by atoms with E-state index >= 15 is 0 Å². The molecule has 3 rings (SSSR count). The number of rotatable bonds is 9. The second-order valence-electron chi connectivity index (χ2n) is 6.12. The second-order valence-corrected chi connectivity index (χ2v) is 7.47. The lowest BCUT2D eigenvalue weighted by atomic mass is 10.2. The smallest absolute Gasteiger partial charge is 0.292 e. The molecule has 31 heavy (non-hydrogen) atoms. The average Bonchev–Trinajstić information content (AvgIpc) is 3.15. The van der Waals surface area contributed by atoms with Gasteiger partial charge >= 0.3 is 0 Å². The molecular formula is C19H17ClFN5O4S. The Bertz CT molecular complexity index is 1110. The van der Waals surface area contributed by atoms with Crippen molar-refractivity contribution < 1.29 is 18.8 Å². The highest BCUT2D eigenvalue weighted by molar-refractivity contribution is 7.99. The van der Waals surface area contributed by atoms with Gasteiger partial charge in [-0.2, -0.15) is 0 Å². The number of thioether (sulfide) groups is 1. The average molecular weight is 466 g/mol. The van der Waals surface area contributed by atoms with E-state index in [4.69, 9.17) is 16.3 Å². The zero-order chi connectivity index (χ0) is 22.4. The Kier molecular flexibility index (Phi) is 7.42. The summed E-state index contributed by atoms with van der Waals surface area (Å²) in [5, 5.41) is 22.2. The molecule has 162 valence electrons. The van der Waals surface area contributed by atoms with E-state index in [2.05, 4.69) is 15.5 Å². The van der Waals surface area contributed by atoms with Gasteiger partial charge in [0.05, 0.1) is 15.7 Å².